The SMILES string of the molecule is CC(C)C(C)CC(=O)CCCCCCCSCCCCCC(=O)CCCCOCCOCCOCCCCC(=O)COCC(=O)C(CCC(=O)O)C(=O)OC(C)(C)C. The van der Waals surface area contributed by atoms with E-state index >= 15 is 0 Å². The topological polar surface area (TPSA) is 169 Å². The molecule has 2 atom stereocenters. The number of ketones is 4. The van der Waals surface area contributed by atoms with Crippen LogP contribution < -0.4 is 0 Å². The summed E-state index contributed by atoms with van der Waals surface area (Å²) >= 11 is 2.02. The molecule has 0 fully saturated rings. The molecule has 0 aromatic carbocycles. The third-order valence-electron chi connectivity index (χ3n) is 9.64. The summed E-state index contributed by atoms with van der Waals surface area (Å²) in [5.41, 5.74) is -0.828. The first kappa shape index (κ1) is 55.8. The molecule has 58 heavy (non-hydrogen) atoms. The van der Waals surface area contributed by atoms with Crippen LogP contribution in [-0.4, -0.2) is 110 Å². The molecule has 0 radical (unpaired) electrons. The van der Waals surface area contributed by atoms with Gasteiger partial charge in [-0.3, -0.25) is 28.8 Å². The highest BCUT2D eigenvalue weighted by Gasteiger charge is 2.31. The number of unbranched alkanes of at least 4 members (excludes halogenated alkanes) is 8. The van der Waals surface area contributed by atoms with E-state index in [2.05, 4.69) is 20.8 Å². The molecule has 13 heteroatoms. The van der Waals surface area contributed by atoms with E-state index in [0.717, 1.165) is 51.4 Å². The molecule has 0 aromatic heterocycles. The molecule has 0 spiro atoms. The van der Waals surface area contributed by atoms with Gasteiger partial charge in [-0.2, -0.15) is 11.8 Å². The van der Waals surface area contributed by atoms with Crippen molar-refractivity contribution < 1.29 is 57.6 Å². The molecule has 0 aliphatic heterocycles. The summed E-state index contributed by atoms with van der Waals surface area (Å²) in [6, 6.07) is 0. The predicted molar refractivity (Wildman–Crippen MR) is 229 cm³/mol. The van der Waals surface area contributed by atoms with Gasteiger partial charge in [-0.05, 0) is 102 Å². The maximum absolute atomic E-state index is 12.5. The number of carbonyl (C=O) groups is 6. The van der Waals surface area contributed by atoms with Gasteiger partial charge in [-0.1, -0.05) is 46.5 Å². The number of esters is 1. The van der Waals surface area contributed by atoms with Gasteiger partial charge in [-0.25, -0.2) is 0 Å². The van der Waals surface area contributed by atoms with E-state index < -0.39 is 35.8 Å². The van der Waals surface area contributed by atoms with Gasteiger partial charge >= 0.3 is 11.9 Å². The molecule has 338 valence electrons. The molecule has 0 aliphatic carbocycles. The highest BCUT2D eigenvalue weighted by Crippen LogP contribution is 2.19. The fraction of sp³-hybridized carbons (Fsp3) is 0.867. The Morgan fingerprint density at radius 2 is 1.00 bits per heavy atom. The maximum atomic E-state index is 12.5. The number of carboxylic acid groups (broad SMARTS) is 1. The second-order valence-corrected chi connectivity index (χ2v) is 17.9. The zero-order chi connectivity index (χ0) is 43.4. The fourth-order valence-electron chi connectivity index (χ4n) is 5.77. The van der Waals surface area contributed by atoms with Crippen molar-refractivity contribution in [1.82, 2.24) is 0 Å². The normalized spacial score (nSPS) is 12.7. The lowest BCUT2D eigenvalue weighted by Crippen LogP contribution is -2.35. The fourth-order valence-corrected chi connectivity index (χ4v) is 6.79. The van der Waals surface area contributed by atoms with Crippen molar-refractivity contribution in [1.29, 1.82) is 0 Å². The van der Waals surface area contributed by atoms with Gasteiger partial charge < -0.3 is 28.8 Å². The zero-order valence-corrected chi connectivity index (χ0v) is 37.9. The zero-order valence-electron chi connectivity index (χ0n) is 37.1. The Hall–Kier alpha value is -2.19. The standard InChI is InChI=1S/C45H80O12S/c1-36(2)37(3)33-39(47)21-11-8-7-9-17-31-58-32-18-10-12-19-38(46)20-13-15-25-53-27-29-55-30-28-54-26-16-14-22-40(48)34-56-35-42(49)41(23-24-43(50)51)44(52)57-45(4,5)6/h36-37,41H,7-35H2,1-6H3,(H,50,51). The van der Waals surface area contributed by atoms with E-state index in [4.69, 9.17) is 28.8 Å². The molecule has 0 bridgehead atoms. The van der Waals surface area contributed by atoms with E-state index in [9.17, 15) is 28.8 Å². The lowest BCUT2D eigenvalue weighted by atomic mass is 9.91. The maximum Gasteiger partial charge on any atom is 0.317 e. The van der Waals surface area contributed by atoms with E-state index in [-0.39, 0.29) is 31.7 Å². The first-order valence-electron chi connectivity index (χ1n) is 22.0. The molecule has 0 saturated heterocycles. The Balaban J connectivity index is 3.55. The summed E-state index contributed by atoms with van der Waals surface area (Å²) < 4.78 is 27.1. The number of carbonyl (C=O) groups excluding carboxylic acids is 5. The molecule has 2 unspecified atom stereocenters. The molecule has 0 aliphatic rings. The summed E-state index contributed by atoms with van der Waals surface area (Å²) in [6.45, 7) is 13.7. The molecule has 0 amide bonds. The average molecular weight is 845 g/mol. The Kier molecular flexibility index (Phi) is 35.3. The van der Waals surface area contributed by atoms with Crippen molar-refractivity contribution in [3.8, 4) is 0 Å². The third kappa shape index (κ3) is 36.9. The Morgan fingerprint density at radius 1 is 0.534 bits per heavy atom. The molecular formula is C45H80O12S. The Morgan fingerprint density at radius 3 is 1.53 bits per heavy atom. The minimum absolute atomic E-state index is 0.180. The second-order valence-electron chi connectivity index (χ2n) is 16.7. The van der Waals surface area contributed by atoms with Crippen LogP contribution in [0.2, 0.25) is 0 Å². The number of carboxylic acids is 1. The van der Waals surface area contributed by atoms with E-state index in [1.165, 1.54) is 37.2 Å². The highest BCUT2D eigenvalue weighted by atomic mass is 32.2. The first-order chi connectivity index (χ1) is 27.6. The van der Waals surface area contributed by atoms with Gasteiger partial charge in [0, 0.05) is 51.7 Å². The van der Waals surface area contributed by atoms with Gasteiger partial charge in [0.15, 0.2) is 11.6 Å². The lowest BCUT2D eigenvalue weighted by Gasteiger charge is -2.23. The van der Waals surface area contributed by atoms with Crippen molar-refractivity contribution in [2.45, 2.75) is 169 Å². The molecule has 0 heterocycles. The highest BCUT2D eigenvalue weighted by molar-refractivity contribution is 7.99. The van der Waals surface area contributed by atoms with Crippen LogP contribution in [0.25, 0.3) is 0 Å². The van der Waals surface area contributed by atoms with Crippen LogP contribution in [0.3, 0.4) is 0 Å². The summed E-state index contributed by atoms with van der Waals surface area (Å²) in [6.07, 6.45) is 14.7. The van der Waals surface area contributed by atoms with Crippen molar-refractivity contribution in [3.05, 3.63) is 0 Å². The van der Waals surface area contributed by atoms with Crippen molar-refractivity contribution in [2.75, 3.05) is 64.4 Å². The van der Waals surface area contributed by atoms with Crippen LogP contribution in [0, 0.1) is 17.8 Å². The van der Waals surface area contributed by atoms with E-state index in [0.29, 0.717) is 88.7 Å². The van der Waals surface area contributed by atoms with E-state index in [1.807, 2.05) is 11.8 Å². The Bertz CT molecular complexity index is 1120. The van der Waals surface area contributed by atoms with Gasteiger partial charge in [0.05, 0.1) is 26.4 Å². The van der Waals surface area contributed by atoms with Crippen LogP contribution in [0.1, 0.15) is 164 Å². The van der Waals surface area contributed by atoms with Gasteiger partial charge in [0.25, 0.3) is 0 Å². The minimum Gasteiger partial charge on any atom is -0.481 e. The van der Waals surface area contributed by atoms with Crippen molar-refractivity contribution >= 4 is 46.8 Å². The van der Waals surface area contributed by atoms with Gasteiger partial charge in [0.2, 0.25) is 0 Å². The summed E-state index contributed by atoms with van der Waals surface area (Å²) in [7, 11) is 0. The second kappa shape index (κ2) is 36.6. The number of hydrogen-bond donors (Lipinski definition) is 1. The number of rotatable bonds is 42. The van der Waals surface area contributed by atoms with E-state index in [1.54, 1.807) is 20.8 Å². The minimum atomic E-state index is -1.26. The summed E-state index contributed by atoms with van der Waals surface area (Å²) in [4.78, 5) is 72.2. The largest absolute Gasteiger partial charge is 0.481 e. The third-order valence-corrected chi connectivity index (χ3v) is 10.8. The molecule has 12 nitrogen and oxygen atoms in total. The number of aliphatic carboxylic acids is 1. The monoisotopic (exact) mass is 845 g/mol. The van der Waals surface area contributed by atoms with Crippen LogP contribution in [0.4, 0.5) is 0 Å². The van der Waals surface area contributed by atoms with Gasteiger partial charge in [-0.15, -0.1) is 0 Å². The summed E-state index contributed by atoms with van der Waals surface area (Å²) in [5, 5.41) is 8.94. The molecule has 0 saturated carbocycles. The average Bonchev–Trinajstić information content (AvgIpc) is 3.14. The first-order valence-corrected chi connectivity index (χ1v) is 23.2. The molecule has 0 rings (SSSR count). The van der Waals surface area contributed by atoms with Gasteiger partial charge in [0.1, 0.15) is 36.3 Å². The lowest BCUT2D eigenvalue weighted by molar-refractivity contribution is -0.163. The Labute approximate surface area is 354 Å². The number of Topliss-reactive ketones (excluding diaryl/α,β-unsaturated/α-hetero) is 4. The predicted octanol–water partition coefficient (Wildman–Crippen LogP) is 8.81. The molecule has 0 aromatic rings. The van der Waals surface area contributed by atoms with Crippen LogP contribution in [-0.2, 0) is 52.5 Å². The number of thioether (sulfide) groups is 1. The van der Waals surface area contributed by atoms with Crippen LogP contribution in [0.5, 0.6) is 0 Å². The molecular weight excluding hydrogens is 765 g/mol. The van der Waals surface area contributed by atoms with Crippen molar-refractivity contribution in [3.63, 3.8) is 0 Å². The summed E-state index contributed by atoms with van der Waals surface area (Å²) in [5.74, 6) is 0.241. The number of hydrogen-bond acceptors (Lipinski definition) is 12. The van der Waals surface area contributed by atoms with Crippen LogP contribution in [0.15, 0.2) is 0 Å². The smallest absolute Gasteiger partial charge is 0.317 e. The van der Waals surface area contributed by atoms with Crippen LogP contribution >= 0.6 is 11.8 Å². The molecule has 1 N–H and O–H groups in total. The number of ether oxygens (including phenoxy) is 5. The quantitative estimate of drug-likeness (QED) is 0.0352. The van der Waals surface area contributed by atoms with Crippen molar-refractivity contribution in [2.24, 2.45) is 17.8 Å².